The van der Waals surface area contributed by atoms with Gasteiger partial charge in [-0.2, -0.15) is 5.10 Å². The molecule has 2 rings (SSSR count). The lowest BCUT2D eigenvalue weighted by molar-refractivity contribution is 0.142. The van der Waals surface area contributed by atoms with Crippen LogP contribution in [0.15, 0.2) is 11.1 Å². The Bertz CT molecular complexity index is 565. The summed E-state index contributed by atoms with van der Waals surface area (Å²) < 4.78 is 2.08. The van der Waals surface area contributed by atoms with Crippen LogP contribution in [0.4, 0.5) is 0 Å². The molecule has 0 aliphatic carbocycles. The first kappa shape index (κ1) is 20.7. The van der Waals surface area contributed by atoms with Crippen molar-refractivity contribution in [3.63, 3.8) is 0 Å². The van der Waals surface area contributed by atoms with Crippen molar-refractivity contribution < 1.29 is 0 Å². The number of aromatic nitrogens is 2. The minimum absolute atomic E-state index is 0.503. The molecule has 0 radical (unpaired) electrons. The Balaban J connectivity index is 1.75. The number of guanidine groups is 1. The summed E-state index contributed by atoms with van der Waals surface area (Å²) in [6, 6.07) is 2.63. The highest BCUT2D eigenvalue weighted by Crippen LogP contribution is 2.17. The highest BCUT2D eigenvalue weighted by Gasteiger charge is 2.20. The van der Waals surface area contributed by atoms with Crippen LogP contribution >= 0.6 is 0 Å². The SMILES string of the molecule is CCNC(=NCC(C)N1CCCC(C)C1)NCCCn1nc(C)cc1C. The lowest BCUT2D eigenvalue weighted by Crippen LogP contribution is -2.43. The van der Waals surface area contributed by atoms with Crippen LogP contribution in [0.5, 0.6) is 0 Å². The van der Waals surface area contributed by atoms with Gasteiger partial charge in [-0.1, -0.05) is 6.92 Å². The number of aryl methyl sites for hydroxylation is 3. The second-order valence-corrected chi connectivity index (χ2v) is 7.74. The van der Waals surface area contributed by atoms with E-state index in [4.69, 9.17) is 4.99 Å². The summed E-state index contributed by atoms with van der Waals surface area (Å²) in [7, 11) is 0. The minimum atomic E-state index is 0.503. The number of rotatable bonds is 8. The van der Waals surface area contributed by atoms with Gasteiger partial charge in [0.1, 0.15) is 0 Å². The fourth-order valence-electron chi connectivity index (χ4n) is 3.64. The number of nitrogens with one attached hydrogen (secondary N) is 2. The van der Waals surface area contributed by atoms with E-state index in [1.807, 2.05) is 6.92 Å². The zero-order valence-corrected chi connectivity index (χ0v) is 17.4. The molecule has 26 heavy (non-hydrogen) atoms. The Hall–Kier alpha value is -1.56. The van der Waals surface area contributed by atoms with Gasteiger partial charge in [0, 0.05) is 37.9 Å². The number of likely N-dealkylation sites (tertiary alicyclic amines) is 1. The molecule has 2 atom stereocenters. The summed E-state index contributed by atoms with van der Waals surface area (Å²) in [5.74, 6) is 1.74. The maximum Gasteiger partial charge on any atom is 0.191 e. The van der Waals surface area contributed by atoms with E-state index in [-0.39, 0.29) is 0 Å². The maximum absolute atomic E-state index is 4.81. The Kier molecular flexibility index (Phi) is 8.42. The molecule has 1 aromatic heterocycles. The van der Waals surface area contributed by atoms with Gasteiger partial charge >= 0.3 is 0 Å². The van der Waals surface area contributed by atoms with Crippen LogP contribution in [0.25, 0.3) is 0 Å². The molecule has 1 aliphatic heterocycles. The predicted octanol–water partition coefficient (Wildman–Crippen LogP) is 2.57. The van der Waals surface area contributed by atoms with Gasteiger partial charge in [0.2, 0.25) is 0 Å². The largest absolute Gasteiger partial charge is 0.357 e. The van der Waals surface area contributed by atoms with Gasteiger partial charge in [0.05, 0.1) is 12.2 Å². The van der Waals surface area contributed by atoms with Crippen molar-refractivity contribution >= 4 is 5.96 Å². The Morgan fingerprint density at radius 1 is 1.38 bits per heavy atom. The van der Waals surface area contributed by atoms with Crippen LogP contribution in [0.3, 0.4) is 0 Å². The highest BCUT2D eigenvalue weighted by molar-refractivity contribution is 5.79. The Morgan fingerprint density at radius 3 is 2.85 bits per heavy atom. The molecule has 2 unspecified atom stereocenters. The van der Waals surface area contributed by atoms with Crippen LogP contribution in [0, 0.1) is 19.8 Å². The summed E-state index contributed by atoms with van der Waals surface area (Å²) in [4.78, 5) is 7.40. The number of piperidine rings is 1. The average Bonchev–Trinajstić information content (AvgIpc) is 2.93. The van der Waals surface area contributed by atoms with Gasteiger partial charge in [-0.05, 0) is 65.5 Å². The molecule has 0 spiro atoms. The number of hydrogen-bond acceptors (Lipinski definition) is 3. The first-order valence-corrected chi connectivity index (χ1v) is 10.3. The molecule has 1 fully saturated rings. The maximum atomic E-state index is 4.81. The number of aliphatic imine (C=N–C) groups is 1. The summed E-state index contributed by atoms with van der Waals surface area (Å²) >= 11 is 0. The van der Waals surface area contributed by atoms with E-state index in [0.717, 1.165) is 50.2 Å². The Labute approximate surface area is 159 Å². The molecular formula is C20H38N6. The van der Waals surface area contributed by atoms with E-state index >= 15 is 0 Å². The molecule has 0 bridgehead atoms. The smallest absolute Gasteiger partial charge is 0.191 e. The molecule has 2 heterocycles. The van der Waals surface area contributed by atoms with Gasteiger partial charge in [-0.15, -0.1) is 0 Å². The van der Waals surface area contributed by atoms with E-state index in [1.54, 1.807) is 0 Å². The number of nitrogens with zero attached hydrogens (tertiary/aromatic N) is 4. The van der Waals surface area contributed by atoms with Crippen molar-refractivity contribution in [1.82, 2.24) is 25.3 Å². The standard InChI is InChI=1S/C20H38N6/c1-6-21-20(22-10-8-12-26-18(4)13-17(3)24-26)23-14-19(5)25-11-7-9-16(2)15-25/h13,16,19H,6-12,14-15H2,1-5H3,(H2,21,22,23). The van der Waals surface area contributed by atoms with Crippen LogP contribution in [-0.2, 0) is 6.54 Å². The average molecular weight is 363 g/mol. The molecule has 0 aromatic carbocycles. The van der Waals surface area contributed by atoms with Crippen molar-refractivity contribution in [3.05, 3.63) is 17.5 Å². The van der Waals surface area contributed by atoms with Crippen molar-refractivity contribution in [1.29, 1.82) is 0 Å². The zero-order valence-electron chi connectivity index (χ0n) is 17.4. The van der Waals surface area contributed by atoms with Gasteiger partial charge in [-0.25, -0.2) is 0 Å². The van der Waals surface area contributed by atoms with Crippen LogP contribution < -0.4 is 10.6 Å². The highest BCUT2D eigenvalue weighted by atomic mass is 15.3. The fourth-order valence-corrected chi connectivity index (χ4v) is 3.64. The second-order valence-electron chi connectivity index (χ2n) is 7.74. The van der Waals surface area contributed by atoms with Gasteiger partial charge in [-0.3, -0.25) is 14.6 Å². The van der Waals surface area contributed by atoms with Crippen molar-refractivity contribution in [2.75, 3.05) is 32.7 Å². The summed E-state index contributed by atoms with van der Waals surface area (Å²) in [5, 5.41) is 11.3. The molecular weight excluding hydrogens is 324 g/mol. The predicted molar refractivity (Wildman–Crippen MR) is 110 cm³/mol. The molecule has 1 saturated heterocycles. The molecule has 148 valence electrons. The third kappa shape index (κ3) is 6.63. The quantitative estimate of drug-likeness (QED) is 0.424. The van der Waals surface area contributed by atoms with Crippen LogP contribution in [-0.4, -0.2) is 59.4 Å². The van der Waals surface area contributed by atoms with Crippen molar-refractivity contribution in [2.45, 2.75) is 66.5 Å². The van der Waals surface area contributed by atoms with E-state index in [2.05, 4.69) is 59.1 Å². The molecule has 6 heteroatoms. The first-order chi connectivity index (χ1) is 12.5. The third-order valence-corrected chi connectivity index (χ3v) is 5.11. The normalized spacial score (nSPS) is 20.2. The van der Waals surface area contributed by atoms with E-state index < -0.39 is 0 Å². The molecule has 2 N–H and O–H groups in total. The number of hydrogen-bond donors (Lipinski definition) is 2. The van der Waals surface area contributed by atoms with E-state index in [9.17, 15) is 0 Å². The van der Waals surface area contributed by atoms with Gasteiger partial charge in [0.25, 0.3) is 0 Å². The summed E-state index contributed by atoms with van der Waals surface area (Å²) in [6.07, 6.45) is 3.72. The van der Waals surface area contributed by atoms with Gasteiger partial charge < -0.3 is 10.6 Å². The lowest BCUT2D eigenvalue weighted by atomic mass is 9.99. The summed E-state index contributed by atoms with van der Waals surface area (Å²) in [6.45, 7) is 16.9. The third-order valence-electron chi connectivity index (χ3n) is 5.11. The second kappa shape index (κ2) is 10.6. The molecule has 6 nitrogen and oxygen atoms in total. The van der Waals surface area contributed by atoms with Crippen LogP contribution in [0.1, 0.15) is 51.4 Å². The van der Waals surface area contributed by atoms with E-state index in [0.29, 0.717) is 6.04 Å². The molecule has 1 aromatic rings. The fraction of sp³-hybridized carbons (Fsp3) is 0.800. The monoisotopic (exact) mass is 362 g/mol. The first-order valence-electron chi connectivity index (χ1n) is 10.3. The minimum Gasteiger partial charge on any atom is -0.357 e. The Morgan fingerprint density at radius 2 is 2.19 bits per heavy atom. The topological polar surface area (TPSA) is 57.5 Å². The van der Waals surface area contributed by atoms with Crippen LogP contribution in [0.2, 0.25) is 0 Å². The van der Waals surface area contributed by atoms with E-state index in [1.165, 1.54) is 31.6 Å². The van der Waals surface area contributed by atoms with Crippen molar-refractivity contribution in [2.24, 2.45) is 10.9 Å². The van der Waals surface area contributed by atoms with Gasteiger partial charge in [0.15, 0.2) is 5.96 Å². The molecule has 0 saturated carbocycles. The molecule has 1 aliphatic rings. The van der Waals surface area contributed by atoms with Crippen molar-refractivity contribution in [3.8, 4) is 0 Å². The zero-order chi connectivity index (χ0) is 18.9. The summed E-state index contributed by atoms with van der Waals surface area (Å²) in [5.41, 5.74) is 2.32. The molecule has 0 amide bonds. The lowest BCUT2D eigenvalue weighted by Gasteiger charge is -2.35.